The van der Waals surface area contributed by atoms with Crippen LogP contribution in [-0.2, 0) is 16.1 Å². The van der Waals surface area contributed by atoms with Gasteiger partial charge in [0.25, 0.3) is 11.8 Å². The normalized spacial score (nSPS) is 20.0. The molecule has 3 aromatic rings. The number of benzene rings is 2. The smallest absolute Gasteiger partial charge is 0.414 e. The Morgan fingerprint density at radius 1 is 1.22 bits per heavy atom. The van der Waals surface area contributed by atoms with Crippen molar-refractivity contribution in [2.24, 2.45) is 0 Å². The van der Waals surface area contributed by atoms with Gasteiger partial charge in [-0.3, -0.25) is 19.1 Å². The molecule has 2 aromatic carbocycles. The molecule has 12 heteroatoms. The summed E-state index contributed by atoms with van der Waals surface area (Å²) in [6.07, 6.45) is 0.498. The molecule has 2 N–H and O–H groups in total. The number of carbonyl (C=O) groups is 2. The first-order valence-electron chi connectivity index (χ1n) is 12.0. The van der Waals surface area contributed by atoms with E-state index in [2.05, 4.69) is 15.6 Å². The molecule has 2 atom stereocenters. The summed E-state index contributed by atoms with van der Waals surface area (Å²) < 4.78 is 32.2. The van der Waals surface area contributed by atoms with Crippen molar-refractivity contribution < 1.29 is 28.2 Å². The monoisotopic (exact) mass is 509 g/mol. The van der Waals surface area contributed by atoms with Crippen molar-refractivity contribution in [3.05, 3.63) is 52.1 Å². The lowest BCUT2D eigenvalue weighted by atomic mass is 10.1. The quantitative estimate of drug-likeness (QED) is 0.465. The maximum atomic E-state index is 14.7. The highest BCUT2D eigenvalue weighted by atomic mass is 19.1. The van der Waals surface area contributed by atoms with Crippen LogP contribution in [0.3, 0.4) is 0 Å². The second-order valence-electron chi connectivity index (χ2n) is 9.15. The van der Waals surface area contributed by atoms with Crippen LogP contribution in [-0.4, -0.2) is 54.5 Å². The van der Waals surface area contributed by atoms with Crippen LogP contribution >= 0.6 is 0 Å². The third kappa shape index (κ3) is 4.02. The number of nitrogens with one attached hydrogen (secondary N) is 2. The van der Waals surface area contributed by atoms with E-state index in [1.807, 2.05) is 0 Å². The summed E-state index contributed by atoms with van der Waals surface area (Å²) in [6.45, 7) is 1.14. The number of halogens is 1. The lowest BCUT2D eigenvalue weighted by molar-refractivity contribution is -0.118. The number of amides is 2. The van der Waals surface area contributed by atoms with Gasteiger partial charge in [-0.25, -0.2) is 14.2 Å². The van der Waals surface area contributed by atoms with E-state index in [1.54, 1.807) is 24.3 Å². The van der Waals surface area contributed by atoms with Crippen LogP contribution < -0.4 is 30.6 Å². The average molecular weight is 509 g/mol. The molecular weight excluding hydrogens is 485 g/mol. The van der Waals surface area contributed by atoms with Crippen LogP contribution in [0.2, 0.25) is 0 Å². The maximum Gasteiger partial charge on any atom is 0.414 e. The first-order chi connectivity index (χ1) is 17.9. The Hall–Kier alpha value is -4.19. The Bertz CT molecular complexity index is 1490. The number of fused-ring (bicyclic) bond motifs is 1. The van der Waals surface area contributed by atoms with Crippen molar-refractivity contribution in [1.29, 1.82) is 0 Å². The van der Waals surface area contributed by atoms with Crippen molar-refractivity contribution in [2.45, 2.75) is 31.5 Å². The zero-order valence-electron chi connectivity index (χ0n) is 20.0. The Kier molecular flexibility index (Phi) is 5.67. The van der Waals surface area contributed by atoms with Crippen LogP contribution in [0.4, 0.5) is 20.6 Å². The van der Waals surface area contributed by atoms with E-state index in [0.717, 1.165) is 0 Å². The number of cyclic esters (lactones) is 1. The van der Waals surface area contributed by atoms with Gasteiger partial charge in [-0.1, -0.05) is 0 Å². The summed E-state index contributed by atoms with van der Waals surface area (Å²) in [7, 11) is 1.38. The average Bonchev–Trinajstić information content (AvgIpc) is 3.46. The minimum Gasteiger partial charge on any atom is -0.482 e. The van der Waals surface area contributed by atoms with Gasteiger partial charge in [-0.2, -0.15) is 0 Å². The fourth-order valence-electron chi connectivity index (χ4n) is 5.13. The largest absolute Gasteiger partial charge is 0.482 e. The molecule has 1 aromatic heterocycles. The Balaban J connectivity index is 1.07. The number of rotatable bonds is 7. The molecule has 0 spiro atoms. The Morgan fingerprint density at radius 2 is 2.08 bits per heavy atom. The molecule has 11 nitrogen and oxygen atoms in total. The Morgan fingerprint density at radius 3 is 2.92 bits per heavy atom. The number of anilines is 2. The van der Waals surface area contributed by atoms with Crippen molar-refractivity contribution >= 4 is 34.4 Å². The van der Waals surface area contributed by atoms with Crippen molar-refractivity contribution in [1.82, 2.24) is 14.9 Å². The molecule has 3 aliphatic rings. The van der Waals surface area contributed by atoms with Crippen LogP contribution in [0.1, 0.15) is 24.4 Å². The molecule has 3 aliphatic heterocycles. The number of nitrogens with zero attached hydrogens (tertiary/aromatic N) is 3. The van der Waals surface area contributed by atoms with Crippen molar-refractivity contribution in [3.8, 4) is 11.6 Å². The van der Waals surface area contributed by atoms with Gasteiger partial charge in [-0.05, 0) is 49.7 Å². The van der Waals surface area contributed by atoms with Gasteiger partial charge in [0, 0.05) is 17.8 Å². The predicted molar refractivity (Wildman–Crippen MR) is 131 cm³/mol. The lowest BCUT2D eigenvalue weighted by Crippen LogP contribution is -2.28. The lowest BCUT2D eigenvalue weighted by Gasteiger charge is -2.20. The second kappa shape index (κ2) is 9.04. The molecule has 2 amide bonds. The van der Waals surface area contributed by atoms with Crippen LogP contribution in [0, 0.1) is 5.82 Å². The number of ether oxygens (including phenoxy) is 3. The third-order valence-electron chi connectivity index (χ3n) is 6.84. The molecule has 1 fully saturated rings. The van der Waals surface area contributed by atoms with Crippen LogP contribution in [0.25, 0.3) is 11.0 Å². The van der Waals surface area contributed by atoms with E-state index in [4.69, 9.17) is 14.2 Å². The summed E-state index contributed by atoms with van der Waals surface area (Å²) >= 11 is 0. The topological polar surface area (TPSA) is 124 Å². The molecule has 1 saturated heterocycles. The molecule has 0 radical (unpaired) electrons. The zero-order chi connectivity index (χ0) is 25.7. The van der Waals surface area contributed by atoms with Gasteiger partial charge in [0.05, 0.1) is 36.4 Å². The minimum atomic E-state index is -0.457. The highest BCUT2D eigenvalue weighted by molar-refractivity contribution is 5.97. The molecule has 37 heavy (non-hydrogen) atoms. The number of hydrogen-bond acceptors (Lipinski definition) is 8. The number of carbonyl (C=O) groups excluding carboxylic acids is 2. The SMILES string of the molecule is COc1nc2ccc(F)c3c2n(c1=O)C[C@@H]3NCCC[C@@H]1CN(c2ccc3c(c2)NC(=O)CO3)C(=O)O1. The number of methoxy groups -OCH3 is 1. The summed E-state index contributed by atoms with van der Waals surface area (Å²) in [4.78, 5) is 42.5. The molecule has 0 unspecified atom stereocenters. The molecule has 4 heterocycles. The van der Waals surface area contributed by atoms with Gasteiger partial charge >= 0.3 is 11.7 Å². The van der Waals surface area contributed by atoms with Gasteiger partial charge in [-0.15, -0.1) is 0 Å². The van der Waals surface area contributed by atoms with Gasteiger partial charge in [0.1, 0.15) is 17.7 Å². The summed E-state index contributed by atoms with van der Waals surface area (Å²) in [5.74, 6) is -0.112. The summed E-state index contributed by atoms with van der Waals surface area (Å²) in [5, 5.41) is 6.07. The van der Waals surface area contributed by atoms with E-state index >= 15 is 0 Å². The Labute approximate surface area is 210 Å². The highest BCUT2D eigenvalue weighted by Gasteiger charge is 2.34. The minimum absolute atomic E-state index is 0.0212. The van der Waals surface area contributed by atoms with Crippen LogP contribution in [0.15, 0.2) is 35.1 Å². The fourth-order valence-corrected chi connectivity index (χ4v) is 5.13. The van der Waals surface area contributed by atoms with E-state index in [0.29, 0.717) is 59.7 Å². The third-order valence-corrected chi connectivity index (χ3v) is 6.84. The van der Waals surface area contributed by atoms with E-state index < -0.39 is 17.5 Å². The van der Waals surface area contributed by atoms with Gasteiger partial charge in [0.15, 0.2) is 6.61 Å². The van der Waals surface area contributed by atoms with E-state index in [9.17, 15) is 18.8 Å². The van der Waals surface area contributed by atoms with E-state index in [1.165, 1.54) is 22.6 Å². The molecular formula is C25H24FN5O6. The first kappa shape index (κ1) is 23.2. The van der Waals surface area contributed by atoms with Gasteiger partial charge in [0.2, 0.25) is 0 Å². The maximum absolute atomic E-state index is 14.7. The molecule has 192 valence electrons. The molecule has 6 rings (SSSR count). The van der Waals surface area contributed by atoms with Crippen LogP contribution in [0.5, 0.6) is 11.6 Å². The van der Waals surface area contributed by atoms with E-state index in [-0.39, 0.29) is 37.1 Å². The summed E-state index contributed by atoms with van der Waals surface area (Å²) in [6, 6.07) is 7.66. The standard InChI is InChI=1S/C25H24FN5O6/c1-35-23-24(33)31-11-18(21-15(26)5-6-16(29-23)22(21)31)27-8-2-3-14-10-30(25(34)37-14)13-4-7-19-17(9-13)28-20(32)12-36-19/h4-7,9,14,18,27H,2-3,8,10-12H2,1H3,(H,28,32)/t14-,18+/m1/s1. The molecule has 0 saturated carbocycles. The molecule has 0 bridgehead atoms. The molecule has 0 aliphatic carbocycles. The first-order valence-corrected chi connectivity index (χ1v) is 12.0. The predicted octanol–water partition coefficient (Wildman–Crippen LogP) is 2.33. The van der Waals surface area contributed by atoms with Crippen molar-refractivity contribution in [3.63, 3.8) is 0 Å². The highest BCUT2D eigenvalue weighted by Crippen LogP contribution is 2.35. The second-order valence-corrected chi connectivity index (χ2v) is 9.15. The van der Waals surface area contributed by atoms with Gasteiger partial charge < -0.3 is 24.8 Å². The fraction of sp³-hybridized carbons (Fsp3) is 0.360. The van der Waals surface area contributed by atoms with Crippen molar-refractivity contribution in [2.75, 3.05) is 37.0 Å². The summed E-state index contributed by atoms with van der Waals surface area (Å²) in [5.41, 5.74) is 2.14. The number of hydrogen-bond donors (Lipinski definition) is 2. The number of aromatic nitrogens is 2. The zero-order valence-corrected chi connectivity index (χ0v) is 20.0.